The molecule has 174 valence electrons. The van der Waals surface area contributed by atoms with Gasteiger partial charge in [0.05, 0.1) is 17.9 Å². The van der Waals surface area contributed by atoms with E-state index in [9.17, 15) is 9.18 Å². The van der Waals surface area contributed by atoms with Gasteiger partial charge in [-0.3, -0.25) is 4.79 Å². The van der Waals surface area contributed by atoms with Crippen molar-refractivity contribution in [2.75, 3.05) is 11.9 Å². The smallest absolute Gasteiger partial charge is 0.248 e. The van der Waals surface area contributed by atoms with Crippen molar-refractivity contribution in [1.82, 2.24) is 0 Å². The number of hydrogen-bond acceptors (Lipinski definition) is 3. The minimum Gasteiger partial charge on any atom is -0.493 e. The molecule has 4 aromatic rings. The quantitative estimate of drug-likeness (QED) is 0.272. The highest BCUT2D eigenvalue weighted by molar-refractivity contribution is 6.36. The van der Waals surface area contributed by atoms with Gasteiger partial charge in [0.1, 0.15) is 17.1 Å². The maximum Gasteiger partial charge on any atom is 0.248 e. The largest absolute Gasteiger partial charge is 0.493 e. The van der Waals surface area contributed by atoms with Crippen LogP contribution in [0.1, 0.15) is 25.0 Å². The van der Waals surface area contributed by atoms with Crippen LogP contribution in [0.15, 0.2) is 65.3 Å². The Morgan fingerprint density at radius 1 is 1.12 bits per heavy atom. The summed E-state index contributed by atoms with van der Waals surface area (Å²) < 4.78 is 25.0. The molecule has 0 aliphatic carbocycles. The second-order valence-electron chi connectivity index (χ2n) is 7.78. The van der Waals surface area contributed by atoms with Crippen LogP contribution in [0.5, 0.6) is 5.75 Å². The molecule has 4 rings (SSSR count). The number of carbonyl (C=O) groups excluding carboxylic acids is 1. The van der Waals surface area contributed by atoms with E-state index in [1.807, 2.05) is 32.9 Å². The lowest BCUT2D eigenvalue weighted by Crippen LogP contribution is -2.09. The Bertz CT molecular complexity index is 1410. The molecule has 3 aromatic carbocycles. The Balaban J connectivity index is 1.79. The van der Waals surface area contributed by atoms with E-state index in [2.05, 4.69) is 5.32 Å². The van der Waals surface area contributed by atoms with E-state index in [-0.39, 0.29) is 11.7 Å². The molecule has 34 heavy (non-hydrogen) atoms. The molecule has 0 saturated heterocycles. The lowest BCUT2D eigenvalue weighted by Gasteiger charge is -2.15. The van der Waals surface area contributed by atoms with E-state index in [1.165, 1.54) is 30.3 Å². The lowest BCUT2D eigenvalue weighted by atomic mass is 9.96. The monoisotopic (exact) mass is 497 g/mol. The third-order valence-electron chi connectivity index (χ3n) is 5.44. The number of halogens is 3. The molecule has 7 heteroatoms. The summed E-state index contributed by atoms with van der Waals surface area (Å²) in [5, 5.41) is 4.64. The zero-order valence-corrected chi connectivity index (χ0v) is 20.4. The van der Waals surface area contributed by atoms with Crippen molar-refractivity contribution in [3.63, 3.8) is 0 Å². The zero-order chi connectivity index (χ0) is 24.4. The van der Waals surface area contributed by atoms with Crippen molar-refractivity contribution in [3.05, 3.63) is 87.9 Å². The predicted molar refractivity (Wildman–Crippen MR) is 136 cm³/mol. The standard InChI is InChI=1S/C27H22Cl2FNO3/c1-4-33-26-16(3)27-22(23(14-34-27)20-10-5-17(28)12-24(20)29)13-21(26)15(2)11-25(32)31-19-8-6-18(30)7-9-19/h5-14H,4H2,1-3H3,(H,31,32)/b15-11+. The Labute approximate surface area is 206 Å². The number of rotatable bonds is 6. The molecule has 0 fully saturated rings. The normalized spacial score (nSPS) is 11.6. The second kappa shape index (κ2) is 9.92. The van der Waals surface area contributed by atoms with Crippen LogP contribution in [0.25, 0.3) is 27.7 Å². The van der Waals surface area contributed by atoms with Gasteiger partial charge in [0.2, 0.25) is 5.91 Å². The fourth-order valence-corrected chi connectivity index (χ4v) is 4.35. The molecule has 4 nitrogen and oxygen atoms in total. The second-order valence-corrected chi connectivity index (χ2v) is 8.63. The SMILES string of the molecule is CCOc1c(/C(C)=C/C(=O)Nc2ccc(F)cc2)cc2c(-c3ccc(Cl)cc3Cl)coc2c1C. The first-order valence-electron chi connectivity index (χ1n) is 10.7. The Hall–Kier alpha value is -3.28. The number of furan rings is 1. The molecule has 0 bridgehead atoms. The van der Waals surface area contributed by atoms with E-state index < -0.39 is 0 Å². The van der Waals surface area contributed by atoms with Gasteiger partial charge in [0, 0.05) is 44.4 Å². The number of hydrogen-bond donors (Lipinski definition) is 1. The number of nitrogens with one attached hydrogen (secondary N) is 1. The van der Waals surface area contributed by atoms with E-state index in [4.69, 9.17) is 32.4 Å². The summed E-state index contributed by atoms with van der Waals surface area (Å²) in [7, 11) is 0. The summed E-state index contributed by atoms with van der Waals surface area (Å²) in [5.74, 6) is -0.0644. The van der Waals surface area contributed by atoms with Crippen molar-refractivity contribution in [2.24, 2.45) is 0 Å². The van der Waals surface area contributed by atoms with Crippen molar-refractivity contribution in [3.8, 4) is 16.9 Å². The maximum atomic E-state index is 13.2. The highest BCUT2D eigenvalue weighted by atomic mass is 35.5. The number of fused-ring (bicyclic) bond motifs is 1. The number of amides is 1. The average molecular weight is 498 g/mol. The van der Waals surface area contributed by atoms with Gasteiger partial charge in [-0.2, -0.15) is 0 Å². The summed E-state index contributed by atoms with van der Waals surface area (Å²) >= 11 is 12.5. The summed E-state index contributed by atoms with van der Waals surface area (Å²) in [4.78, 5) is 12.6. The average Bonchev–Trinajstić information content (AvgIpc) is 3.21. The summed E-state index contributed by atoms with van der Waals surface area (Å²) in [6.07, 6.45) is 3.15. The number of allylic oxidation sites excluding steroid dienone is 1. The number of anilines is 1. The third kappa shape index (κ3) is 4.81. The molecular weight excluding hydrogens is 476 g/mol. The number of benzene rings is 3. The van der Waals surface area contributed by atoms with E-state index in [1.54, 1.807) is 18.4 Å². The first-order valence-corrected chi connectivity index (χ1v) is 11.4. The topological polar surface area (TPSA) is 51.5 Å². The predicted octanol–water partition coefficient (Wildman–Crippen LogP) is 8.29. The van der Waals surface area contributed by atoms with Gasteiger partial charge < -0.3 is 14.5 Å². The molecule has 1 amide bonds. The van der Waals surface area contributed by atoms with Crippen molar-refractivity contribution < 1.29 is 18.3 Å². The Morgan fingerprint density at radius 2 is 1.85 bits per heavy atom. The van der Waals surface area contributed by atoms with Gasteiger partial charge in [0.25, 0.3) is 0 Å². The van der Waals surface area contributed by atoms with Gasteiger partial charge in [-0.05, 0) is 68.8 Å². The van der Waals surface area contributed by atoms with Crippen LogP contribution in [0.2, 0.25) is 10.0 Å². The fraction of sp³-hybridized carbons (Fsp3) is 0.148. The molecule has 1 N–H and O–H groups in total. The molecule has 0 unspecified atom stereocenters. The highest BCUT2D eigenvalue weighted by Crippen LogP contribution is 2.42. The number of ether oxygens (including phenoxy) is 1. The third-order valence-corrected chi connectivity index (χ3v) is 5.99. The first-order chi connectivity index (χ1) is 16.3. The highest BCUT2D eigenvalue weighted by Gasteiger charge is 2.20. The lowest BCUT2D eigenvalue weighted by molar-refractivity contribution is -0.111. The zero-order valence-electron chi connectivity index (χ0n) is 18.8. The molecule has 0 aliphatic heterocycles. The van der Waals surface area contributed by atoms with Gasteiger partial charge in [-0.25, -0.2) is 4.39 Å². The van der Waals surface area contributed by atoms with E-state index in [0.717, 1.165) is 27.6 Å². The van der Waals surface area contributed by atoms with Crippen LogP contribution in [-0.2, 0) is 4.79 Å². The van der Waals surface area contributed by atoms with E-state index >= 15 is 0 Å². The fourth-order valence-electron chi connectivity index (χ4n) is 3.84. The van der Waals surface area contributed by atoms with Gasteiger partial charge >= 0.3 is 0 Å². The summed E-state index contributed by atoms with van der Waals surface area (Å²) in [5.41, 5.74) is 5.05. The molecule has 0 aliphatic rings. The molecular formula is C27H22Cl2FNO3. The van der Waals surface area contributed by atoms with Crippen LogP contribution in [0.3, 0.4) is 0 Å². The van der Waals surface area contributed by atoms with Gasteiger partial charge in [0.15, 0.2) is 0 Å². The molecule has 0 atom stereocenters. The van der Waals surface area contributed by atoms with E-state index in [0.29, 0.717) is 39.2 Å². The van der Waals surface area contributed by atoms with Crippen molar-refractivity contribution in [1.29, 1.82) is 0 Å². The van der Waals surface area contributed by atoms with Crippen LogP contribution in [-0.4, -0.2) is 12.5 Å². The van der Waals surface area contributed by atoms with Crippen LogP contribution < -0.4 is 10.1 Å². The summed E-state index contributed by atoms with van der Waals surface area (Å²) in [6.45, 7) is 6.10. The van der Waals surface area contributed by atoms with Crippen LogP contribution in [0, 0.1) is 12.7 Å². The minimum absolute atomic E-state index is 0.336. The summed E-state index contributed by atoms with van der Waals surface area (Å²) in [6, 6.07) is 12.8. The maximum absolute atomic E-state index is 13.2. The minimum atomic E-state index is -0.369. The molecule has 0 saturated carbocycles. The van der Waals surface area contributed by atoms with Crippen LogP contribution >= 0.6 is 23.2 Å². The Morgan fingerprint density at radius 3 is 2.53 bits per heavy atom. The molecule has 0 radical (unpaired) electrons. The van der Waals surface area contributed by atoms with Gasteiger partial charge in [-0.1, -0.05) is 29.3 Å². The number of carbonyl (C=O) groups is 1. The van der Waals surface area contributed by atoms with Crippen molar-refractivity contribution in [2.45, 2.75) is 20.8 Å². The first kappa shape index (κ1) is 23.9. The van der Waals surface area contributed by atoms with Crippen LogP contribution in [0.4, 0.5) is 10.1 Å². The van der Waals surface area contributed by atoms with Crippen molar-refractivity contribution >= 4 is 51.3 Å². The van der Waals surface area contributed by atoms with Gasteiger partial charge in [-0.15, -0.1) is 0 Å². The molecule has 1 heterocycles. The Kier molecular flexibility index (Phi) is 6.96. The molecule has 1 aromatic heterocycles. The number of aryl methyl sites for hydroxylation is 1. The molecule has 0 spiro atoms.